The zero-order valence-electron chi connectivity index (χ0n) is 21.7. The zero-order chi connectivity index (χ0) is 26.9. The van der Waals surface area contributed by atoms with Gasteiger partial charge in [0.05, 0.1) is 27.4 Å². The summed E-state index contributed by atoms with van der Waals surface area (Å²) in [6.45, 7) is 10.5. The number of aromatic nitrogens is 2. The molecule has 0 saturated heterocycles. The molecule has 1 aliphatic heterocycles. The molecular formula is C28H32ClFN4O2S. The lowest BCUT2D eigenvalue weighted by Crippen LogP contribution is -2.43. The molecule has 4 rings (SSSR count). The Balaban J connectivity index is 1.99. The molecule has 0 saturated carbocycles. The predicted octanol–water partition coefficient (Wildman–Crippen LogP) is 5.90. The zero-order valence-corrected chi connectivity index (χ0v) is 23.3. The molecule has 1 aromatic heterocycles. The van der Waals surface area contributed by atoms with Gasteiger partial charge in [0.25, 0.3) is 0 Å². The number of halogens is 2. The van der Waals surface area contributed by atoms with Gasteiger partial charge in [-0.05, 0) is 35.7 Å². The summed E-state index contributed by atoms with van der Waals surface area (Å²) in [5.41, 5.74) is 2.45. The summed E-state index contributed by atoms with van der Waals surface area (Å²) in [6.07, 6.45) is 0. The minimum atomic E-state index is -0.415. The number of benzene rings is 2. The normalized spacial score (nSPS) is 16.1. The quantitative estimate of drug-likeness (QED) is 0.421. The summed E-state index contributed by atoms with van der Waals surface area (Å²) in [5, 5.41) is 8.00. The Bertz CT molecular complexity index is 1320. The van der Waals surface area contributed by atoms with Crippen LogP contribution in [0.4, 0.5) is 10.2 Å². The highest BCUT2D eigenvalue weighted by Crippen LogP contribution is 2.48. The van der Waals surface area contributed by atoms with Crippen LogP contribution in [0.25, 0.3) is 5.69 Å². The average Bonchev–Trinajstić information content (AvgIpc) is 3.16. The van der Waals surface area contributed by atoms with Gasteiger partial charge in [-0.2, -0.15) is 5.10 Å². The second-order valence-corrected chi connectivity index (χ2v) is 12.1. The maximum absolute atomic E-state index is 14.4. The van der Waals surface area contributed by atoms with Crippen LogP contribution in [0, 0.1) is 11.7 Å². The first-order chi connectivity index (χ1) is 17.5. The second-order valence-electron chi connectivity index (χ2n) is 10.6. The van der Waals surface area contributed by atoms with Crippen LogP contribution < -0.4 is 10.2 Å². The highest BCUT2D eigenvalue weighted by atomic mass is 35.5. The highest BCUT2D eigenvalue weighted by molar-refractivity contribution is 8.00. The molecule has 0 unspecified atom stereocenters. The largest absolute Gasteiger partial charge is 0.354 e. The topological polar surface area (TPSA) is 67.2 Å². The highest BCUT2D eigenvalue weighted by Gasteiger charge is 2.40. The van der Waals surface area contributed by atoms with Crippen molar-refractivity contribution in [2.24, 2.45) is 5.92 Å². The van der Waals surface area contributed by atoms with Crippen LogP contribution in [-0.2, 0) is 15.0 Å². The van der Waals surface area contributed by atoms with E-state index >= 15 is 0 Å². The summed E-state index contributed by atoms with van der Waals surface area (Å²) in [4.78, 5) is 28.1. The van der Waals surface area contributed by atoms with Crippen molar-refractivity contribution >= 4 is 41.0 Å². The van der Waals surface area contributed by atoms with E-state index in [1.54, 1.807) is 16.8 Å². The minimum absolute atomic E-state index is 0.124. The van der Waals surface area contributed by atoms with Crippen LogP contribution in [0.2, 0.25) is 5.02 Å². The molecule has 2 amide bonds. The van der Waals surface area contributed by atoms with Crippen molar-refractivity contribution in [3.8, 4) is 5.69 Å². The van der Waals surface area contributed by atoms with E-state index in [0.717, 1.165) is 16.8 Å². The van der Waals surface area contributed by atoms with Crippen molar-refractivity contribution in [1.29, 1.82) is 0 Å². The number of para-hydroxylation sites is 1. The van der Waals surface area contributed by atoms with E-state index in [1.807, 2.05) is 58.9 Å². The number of nitrogens with one attached hydrogen (secondary N) is 1. The van der Waals surface area contributed by atoms with Gasteiger partial charge in [-0.15, -0.1) is 11.8 Å². The van der Waals surface area contributed by atoms with Crippen molar-refractivity contribution in [3.63, 3.8) is 0 Å². The standard InChI is InChI=1S/C28H32ClFN4O2S/c1-17(2)14-31-22(35)15-33-23(36)16-37-25(18-9-8-10-19(30)13-18)24-26(28(3,4)5)32-34(27(24)33)21-12-7-6-11-20(21)29/h6-13,17,25H,14-16H2,1-5H3,(H,31,35)/t25-/m0/s1. The Morgan fingerprint density at radius 3 is 2.59 bits per heavy atom. The van der Waals surface area contributed by atoms with Gasteiger partial charge in [0.2, 0.25) is 11.8 Å². The Labute approximate surface area is 226 Å². The maximum Gasteiger partial charge on any atom is 0.240 e. The molecule has 1 aliphatic rings. The third-order valence-corrected chi connectivity index (χ3v) is 7.62. The molecular weight excluding hydrogens is 511 g/mol. The third-order valence-electron chi connectivity index (χ3n) is 6.04. The number of carbonyl (C=O) groups excluding carboxylic acids is 2. The molecule has 0 bridgehead atoms. The first-order valence-corrected chi connectivity index (χ1v) is 13.7. The SMILES string of the molecule is CC(C)CNC(=O)CN1C(=O)CS[C@@H](c2cccc(F)c2)c2c(C(C)(C)C)nn(-c3ccccc3Cl)c21. The third kappa shape index (κ3) is 5.85. The number of fused-ring (bicyclic) bond motifs is 1. The van der Waals surface area contributed by atoms with Gasteiger partial charge in [0.15, 0.2) is 0 Å². The van der Waals surface area contributed by atoms with Gasteiger partial charge < -0.3 is 5.32 Å². The molecule has 0 radical (unpaired) electrons. The molecule has 9 heteroatoms. The number of hydrogen-bond acceptors (Lipinski definition) is 4. The van der Waals surface area contributed by atoms with Crippen LogP contribution >= 0.6 is 23.4 Å². The Morgan fingerprint density at radius 2 is 1.95 bits per heavy atom. The number of rotatable bonds is 6. The van der Waals surface area contributed by atoms with Crippen molar-refractivity contribution in [1.82, 2.24) is 15.1 Å². The minimum Gasteiger partial charge on any atom is -0.354 e. The lowest BCUT2D eigenvalue weighted by molar-refractivity contribution is -0.123. The van der Waals surface area contributed by atoms with Gasteiger partial charge in [-0.25, -0.2) is 9.07 Å². The first-order valence-electron chi connectivity index (χ1n) is 12.3. The van der Waals surface area contributed by atoms with E-state index in [9.17, 15) is 14.0 Å². The second kappa shape index (κ2) is 10.9. The molecule has 1 atom stereocenters. The molecule has 1 N–H and O–H groups in total. The van der Waals surface area contributed by atoms with Gasteiger partial charge in [0, 0.05) is 17.5 Å². The monoisotopic (exact) mass is 542 g/mol. The van der Waals surface area contributed by atoms with Crippen molar-refractivity contribution < 1.29 is 14.0 Å². The molecule has 0 fully saturated rings. The van der Waals surface area contributed by atoms with Crippen molar-refractivity contribution in [2.75, 3.05) is 23.7 Å². The summed E-state index contributed by atoms with van der Waals surface area (Å²) in [5.74, 6) is 0.0515. The number of anilines is 1. The average molecular weight is 543 g/mol. The van der Waals surface area contributed by atoms with Gasteiger partial charge >= 0.3 is 0 Å². The fraction of sp³-hybridized carbons (Fsp3) is 0.393. The fourth-order valence-corrected chi connectivity index (χ4v) is 5.72. The molecule has 196 valence electrons. The van der Waals surface area contributed by atoms with Crippen molar-refractivity contribution in [2.45, 2.75) is 45.3 Å². The summed E-state index contributed by atoms with van der Waals surface area (Å²) >= 11 is 8.03. The number of hydrogen-bond donors (Lipinski definition) is 1. The number of amides is 2. The van der Waals surface area contributed by atoms with E-state index in [0.29, 0.717) is 23.1 Å². The molecule has 3 aromatic rings. The number of carbonyl (C=O) groups is 2. The van der Waals surface area contributed by atoms with E-state index in [4.69, 9.17) is 16.7 Å². The number of nitrogens with zero attached hydrogens (tertiary/aromatic N) is 3. The Morgan fingerprint density at radius 1 is 1.22 bits per heavy atom. The smallest absolute Gasteiger partial charge is 0.240 e. The molecule has 37 heavy (non-hydrogen) atoms. The Hall–Kier alpha value is -2.84. The summed E-state index contributed by atoms with van der Waals surface area (Å²) in [7, 11) is 0. The van der Waals surface area contributed by atoms with Crippen LogP contribution in [0.1, 0.15) is 56.7 Å². The lowest BCUT2D eigenvalue weighted by Gasteiger charge is -2.25. The number of thioether (sulfide) groups is 1. The molecule has 2 aromatic carbocycles. The van der Waals surface area contributed by atoms with Crippen LogP contribution in [0.5, 0.6) is 0 Å². The predicted molar refractivity (Wildman–Crippen MR) is 148 cm³/mol. The Kier molecular flexibility index (Phi) is 7.99. The van der Waals surface area contributed by atoms with Crippen LogP contribution in [0.15, 0.2) is 48.5 Å². The van der Waals surface area contributed by atoms with E-state index in [-0.39, 0.29) is 41.1 Å². The maximum atomic E-state index is 14.4. The summed E-state index contributed by atoms with van der Waals surface area (Å²) < 4.78 is 16.0. The van der Waals surface area contributed by atoms with Crippen LogP contribution in [0.3, 0.4) is 0 Å². The van der Waals surface area contributed by atoms with E-state index < -0.39 is 5.41 Å². The first kappa shape index (κ1) is 27.2. The van der Waals surface area contributed by atoms with E-state index in [2.05, 4.69) is 5.32 Å². The molecule has 6 nitrogen and oxygen atoms in total. The van der Waals surface area contributed by atoms with Crippen LogP contribution in [-0.4, -0.2) is 40.4 Å². The molecule has 0 spiro atoms. The lowest BCUT2D eigenvalue weighted by atomic mass is 9.87. The van der Waals surface area contributed by atoms with Gasteiger partial charge in [-0.1, -0.05) is 70.5 Å². The van der Waals surface area contributed by atoms with Gasteiger partial charge in [-0.3, -0.25) is 14.5 Å². The van der Waals surface area contributed by atoms with E-state index in [1.165, 1.54) is 28.8 Å². The molecule has 2 heterocycles. The fourth-order valence-electron chi connectivity index (χ4n) is 4.31. The van der Waals surface area contributed by atoms with Gasteiger partial charge in [0.1, 0.15) is 18.2 Å². The molecule has 0 aliphatic carbocycles. The summed E-state index contributed by atoms with van der Waals surface area (Å²) in [6, 6.07) is 13.7. The van der Waals surface area contributed by atoms with Crippen molar-refractivity contribution in [3.05, 3.63) is 76.2 Å².